The fourth-order valence-corrected chi connectivity index (χ4v) is 4.40. The molecule has 1 aromatic rings. The minimum atomic E-state index is 0.258. The Kier molecular flexibility index (Phi) is 2.73. The fourth-order valence-electron chi connectivity index (χ4n) is 3.98. The van der Waals surface area contributed by atoms with Gasteiger partial charge >= 0.3 is 0 Å². The lowest BCUT2D eigenvalue weighted by molar-refractivity contribution is -0.134. The van der Waals surface area contributed by atoms with E-state index in [0.717, 1.165) is 23.4 Å². The zero-order valence-electron chi connectivity index (χ0n) is 10.9. The van der Waals surface area contributed by atoms with Gasteiger partial charge in [-0.25, -0.2) is 0 Å². The molecule has 0 radical (unpaired) electrons. The van der Waals surface area contributed by atoms with Crippen molar-refractivity contribution in [3.63, 3.8) is 0 Å². The van der Waals surface area contributed by atoms with Crippen LogP contribution in [-0.4, -0.2) is 23.4 Å². The van der Waals surface area contributed by atoms with Gasteiger partial charge in [-0.2, -0.15) is 0 Å². The van der Waals surface area contributed by atoms with Crippen LogP contribution in [0.25, 0.3) is 0 Å². The smallest absolute Gasteiger partial charge is 0.226 e. The normalized spacial score (nSPS) is 35.7. The van der Waals surface area contributed by atoms with E-state index in [0.29, 0.717) is 17.9 Å². The summed E-state index contributed by atoms with van der Waals surface area (Å²) in [4.78, 5) is 14.8. The Hall–Kier alpha value is -0.830. The molecular formula is C16H18BrNO. The van der Waals surface area contributed by atoms with Crippen molar-refractivity contribution < 1.29 is 4.79 Å². The number of hydrogen-bond donors (Lipinski definition) is 0. The quantitative estimate of drug-likeness (QED) is 0.816. The molecule has 1 aromatic carbocycles. The highest BCUT2D eigenvalue weighted by Gasteiger charge is 2.50. The van der Waals surface area contributed by atoms with Gasteiger partial charge in [0.1, 0.15) is 0 Å². The lowest BCUT2D eigenvalue weighted by atomic mass is 10.1. The number of likely N-dealkylation sites (tertiary alicyclic amines) is 1. The molecule has 0 N–H and O–H groups in total. The van der Waals surface area contributed by atoms with Gasteiger partial charge in [0.05, 0.1) is 0 Å². The van der Waals surface area contributed by atoms with Gasteiger partial charge in [-0.15, -0.1) is 0 Å². The number of carbonyl (C=O) groups is 1. The number of carbonyl (C=O) groups excluding carboxylic acids is 1. The molecule has 1 saturated heterocycles. The monoisotopic (exact) mass is 319 g/mol. The molecule has 0 aromatic heterocycles. The number of rotatable bonds is 2. The van der Waals surface area contributed by atoms with Crippen LogP contribution < -0.4 is 0 Å². The first-order valence-electron chi connectivity index (χ1n) is 7.28. The van der Waals surface area contributed by atoms with Gasteiger partial charge in [0.15, 0.2) is 0 Å². The van der Waals surface area contributed by atoms with Crippen LogP contribution in [0.5, 0.6) is 0 Å². The Morgan fingerprint density at radius 1 is 1.26 bits per heavy atom. The minimum Gasteiger partial charge on any atom is -0.339 e. The first-order valence-corrected chi connectivity index (χ1v) is 8.07. The number of piperidine rings is 1. The highest BCUT2D eigenvalue weighted by atomic mass is 79.9. The number of benzene rings is 1. The Balaban J connectivity index is 1.46. The van der Waals surface area contributed by atoms with Gasteiger partial charge in [-0.05, 0) is 55.2 Å². The third kappa shape index (κ3) is 2.03. The van der Waals surface area contributed by atoms with Crippen molar-refractivity contribution in [1.29, 1.82) is 0 Å². The topological polar surface area (TPSA) is 20.3 Å². The molecule has 2 nitrogen and oxygen atoms in total. The van der Waals surface area contributed by atoms with Crippen molar-refractivity contribution in [3.8, 4) is 0 Å². The summed E-state index contributed by atoms with van der Waals surface area (Å²) >= 11 is 3.51. The maximum absolute atomic E-state index is 12.6. The van der Waals surface area contributed by atoms with Crippen LogP contribution in [0.1, 0.15) is 37.2 Å². The van der Waals surface area contributed by atoms with E-state index in [-0.39, 0.29) is 5.92 Å². The predicted octanol–water partition coefficient (Wildman–Crippen LogP) is 3.56. The van der Waals surface area contributed by atoms with Gasteiger partial charge in [0.2, 0.25) is 5.91 Å². The second-order valence-corrected chi connectivity index (χ2v) is 7.24. The maximum atomic E-state index is 12.6. The second-order valence-electron chi connectivity index (χ2n) is 6.33. The Morgan fingerprint density at radius 2 is 2.16 bits per heavy atom. The van der Waals surface area contributed by atoms with Crippen molar-refractivity contribution in [2.45, 2.75) is 37.6 Å². The highest BCUT2D eigenvalue weighted by Crippen LogP contribution is 2.50. The van der Waals surface area contributed by atoms with Crippen LogP contribution in [0.15, 0.2) is 28.7 Å². The zero-order chi connectivity index (χ0) is 13.0. The summed E-state index contributed by atoms with van der Waals surface area (Å²) in [7, 11) is 0. The van der Waals surface area contributed by atoms with Gasteiger partial charge in [0.25, 0.3) is 0 Å². The van der Waals surface area contributed by atoms with Crippen LogP contribution in [-0.2, 0) is 4.79 Å². The molecule has 0 spiro atoms. The van der Waals surface area contributed by atoms with Crippen LogP contribution in [0.2, 0.25) is 0 Å². The van der Waals surface area contributed by atoms with E-state index in [1.54, 1.807) is 0 Å². The van der Waals surface area contributed by atoms with Crippen LogP contribution in [0, 0.1) is 11.8 Å². The molecule has 1 amide bonds. The molecule has 1 heterocycles. The van der Waals surface area contributed by atoms with Gasteiger partial charge in [-0.3, -0.25) is 4.79 Å². The molecule has 2 bridgehead atoms. The number of amides is 1. The molecule has 100 valence electrons. The lowest BCUT2D eigenvalue weighted by Crippen LogP contribution is -2.38. The van der Waals surface area contributed by atoms with Crippen molar-refractivity contribution in [2.75, 3.05) is 6.54 Å². The summed E-state index contributed by atoms with van der Waals surface area (Å²) in [5, 5.41) is 0. The molecule has 2 saturated carbocycles. The fraction of sp³-hybridized carbons (Fsp3) is 0.562. The minimum absolute atomic E-state index is 0.258. The molecule has 4 atom stereocenters. The van der Waals surface area contributed by atoms with E-state index in [1.807, 2.05) is 6.07 Å². The molecule has 3 heteroatoms. The van der Waals surface area contributed by atoms with Crippen molar-refractivity contribution in [2.24, 2.45) is 11.8 Å². The summed E-state index contributed by atoms with van der Waals surface area (Å²) in [6.07, 6.45) is 4.89. The maximum Gasteiger partial charge on any atom is 0.226 e. The van der Waals surface area contributed by atoms with E-state index in [2.05, 4.69) is 39.0 Å². The van der Waals surface area contributed by atoms with Crippen molar-refractivity contribution in [3.05, 3.63) is 34.3 Å². The molecule has 3 fully saturated rings. The van der Waals surface area contributed by atoms with E-state index in [4.69, 9.17) is 0 Å². The average Bonchev–Trinajstić information content (AvgIpc) is 2.93. The SMILES string of the molecule is O=C([C@H]1C[C@@H]1c1cccc(Br)c1)N1C[C@H]2CC[C@H]1C2. The highest BCUT2D eigenvalue weighted by molar-refractivity contribution is 9.10. The lowest BCUT2D eigenvalue weighted by Gasteiger charge is -2.27. The Bertz CT molecular complexity index is 529. The third-order valence-electron chi connectivity index (χ3n) is 5.08. The zero-order valence-corrected chi connectivity index (χ0v) is 12.5. The first-order chi connectivity index (χ1) is 9.22. The number of hydrogen-bond acceptors (Lipinski definition) is 1. The standard InChI is InChI=1S/C16H18BrNO/c17-12-3-1-2-11(7-12)14-8-15(14)16(19)18-9-10-4-5-13(18)6-10/h1-3,7,10,13-15H,4-6,8-9H2/t10-,13-,14+,15-/m0/s1. The summed E-state index contributed by atoms with van der Waals surface area (Å²) < 4.78 is 1.11. The average molecular weight is 320 g/mol. The van der Waals surface area contributed by atoms with Gasteiger partial charge in [-0.1, -0.05) is 28.1 Å². The Morgan fingerprint density at radius 3 is 2.84 bits per heavy atom. The summed E-state index contributed by atoms with van der Waals surface area (Å²) in [5.41, 5.74) is 1.32. The molecular weight excluding hydrogens is 302 g/mol. The first kappa shape index (κ1) is 12.0. The molecule has 1 aliphatic heterocycles. The number of fused-ring (bicyclic) bond motifs is 2. The van der Waals surface area contributed by atoms with E-state index < -0.39 is 0 Å². The third-order valence-corrected chi connectivity index (χ3v) is 5.57. The van der Waals surface area contributed by atoms with Crippen LogP contribution >= 0.6 is 15.9 Å². The van der Waals surface area contributed by atoms with Crippen molar-refractivity contribution in [1.82, 2.24) is 4.90 Å². The Labute approximate surface area is 122 Å². The van der Waals surface area contributed by atoms with Crippen LogP contribution in [0.3, 0.4) is 0 Å². The molecule has 0 unspecified atom stereocenters. The van der Waals surface area contributed by atoms with E-state index in [1.165, 1.54) is 24.8 Å². The second kappa shape index (κ2) is 4.34. The number of halogens is 1. The summed E-state index contributed by atoms with van der Waals surface area (Å²) in [6.45, 7) is 1.03. The number of nitrogens with zero attached hydrogens (tertiary/aromatic N) is 1. The van der Waals surface area contributed by atoms with E-state index in [9.17, 15) is 4.79 Å². The largest absolute Gasteiger partial charge is 0.339 e. The van der Waals surface area contributed by atoms with Gasteiger partial charge in [0, 0.05) is 23.0 Å². The van der Waals surface area contributed by atoms with Gasteiger partial charge < -0.3 is 4.90 Å². The van der Waals surface area contributed by atoms with Crippen LogP contribution in [0.4, 0.5) is 0 Å². The molecule has 19 heavy (non-hydrogen) atoms. The summed E-state index contributed by atoms with van der Waals surface area (Å²) in [6, 6.07) is 8.99. The molecule has 4 rings (SSSR count). The summed E-state index contributed by atoms with van der Waals surface area (Å²) in [5.74, 6) is 1.95. The van der Waals surface area contributed by atoms with E-state index >= 15 is 0 Å². The predicted molar refractivity (Wildman–Crippen MR) is 77.8 cm³/mol. The molecule has 2 aliphatic carbocycles. The molecule has 3 aliphatic rings. The van der Waals surface area contributed by atoms with Crippen molar-refractivity contribution >= 4 is 21.8 Å².